The molecule has 1 N–H and O–H groups in total. The van der Waals surface area contributed by atoms with E-state index >= 15 is 0 Å². The molecular weight excluding hydrogens is 314 g/mol. The number of hydrogen-bond acceptors (Lipinski definition) is 3. The highest BCUT2D eigenvalue weighted by Crippen LogP contribution is 2.29. The van der Waals surface area contributed by atoms with E-state index in [1.807, 2.05) is 84.9 Å². The smallest absolute Gasteiger partial charge is 0.281 e. The van der Waals surface area contributed by atoms with Crippen molar-refractivity contribution >= 4 is 5.91 Å². The van der Waals surface area contributed by atoms with Gasteiger partial charge in [0.1, 0.15) is 5.75 Å². The van der Waals surface area contributed by atoms with E-state index in [0.29, 0.717) is 12.4 Å². The average molecular weight is 333 g/mol. The molecule has 0 bridgehead atoms. The number of hydrogen-bond donors (Lipinski definition) is 1. The van der Waals surface area contributed by atoms with Gasteiger partial charge in [0, 0.05) is 5.56 Å². The Bertz CT molecular complexity index is 804. The summed E-state index contributed by atoms with van der Waals surface area (Å²) in [5.41, 5.74) is 5.37. The van der Waals surface area contributed by atoms with Crippen molar-refractivity contribution in [1.29, 1.82) is 0 Å². The van der Waals surface area contributed by atoms with Crippen molar-refractivity contribution in [3.8, 4) is 16.9 Å². The Morgan fingerprint density at radius 2 is 1.44 bits per heavy atom. The molecule has 3 aromatic rings. The summed E-state index contributed by atoms with van der Waals surface area (Å²) in [7, 11) is 0. The molecule has 3 rings (SSSR count). The minimum absolute atomic E-state index is 0.112. The Balaban J connectivity index is 1.52. The number of amides is 1. The third-order valence-corrected chi connectivity index (χ3v) is 3.60. The Kier molecular flexibility index (Phi) is 5.80. The van der Waals surface area contributed by atoms with Crippen molar-refractivity contribution in [1.82, 2.24) is 5.48 Å². The maximum absolute atomic E-state index is 11.9. The van der Waals surface area contributed by atoms with Crippen LogP contribution < -0.4 is 10.2 Å². The summed E-state index contributed by atoms with van der Waals surface area (Å²) >= 11 is 0. The van der Waals surface area contributed by atoms with Crippen molar-refractivity contribution in [3.05, 3.63) is 90.5 Å². The van der Waals surface area contributed by atoms with Gasteiger partial charge in [0.05, 0.1) is 6.61 Å². The molecule has 0 radical (unpaired) electrons. The van der Waals surface area contributed by atoms with E-state index in [1.165, 1.54) is 0 Å². The number of para-hydroxylation sites is 1. The number of nitrogens with one attached hydrogen (secondary N) is 1. The van der Waals surface area contributed by atoms with Crippen LogP contribution in [0.25, 0.3) is 11.1 Å². The van der Waals surface area contributed by atoms with E-state index < -0.39 is 0 Å². The van der Waals surface area contributed by atoms with Gasteiger partial charge >= 0.3 is 0 Å². The summed E-state index contributed by atoms with van der Waals surface area (Å²) in [6.07, 6.45) is 0. The van der Waals surface area contributed by atoms with Gasteiger partial charge in [-0.1, -0.05) is 78.9 Å². The fourth-order valence-corrected chi connectivity index (χ4v) is 2.40. The normalized spacial score (nSPS) is 10.2. The summed E-state index contributed by atoms with van der Waals surface area (Å²) in [6.45, 7) is 0.200. The predicted molar refractivity (Wildman–Crippen MR) is 96.7 cm³/mol. The molecule has 126 valence electrons. The van der Waals surface area contributed by atoms with Gasteiger partial charge in [0.15, 0.2) is 6.61 Å². The number of ether oxygens (including phenoxy) is 1. The summed E-state index contributed by atoms with van der Waals surface area (Å²) in [5.74, 6) is 0.325. The van der Waals surface area contributed by atoms with Crippen LogP contribution in [0.5, 0.6) is 5.75 Å². The van der Waals surface area contributed by atoms with Crippen molar-refractivity contribution in [2.24, 2.45) is 0 Å². The molecule has 0 aromatic heterocycles. The van der Waals surface area contributed by atoms with Crippen LogP contribution in [0.4, 0.5) is 0 Å². The number of hydroxylamine groups is 1. The van der Waals surface area contributed by atoms with Gasteiger partial charge in [-0.3, -0.25) is 9.63 Å². The average Bonchev–Trinajstić information content (AvgIpc) is 2.68. The topological polar surface area (TPSA) is 47.6 Å². The SMILES string of the molecule is O=C(COc1ccccc1-c1ccccc1)NOCc1ccccc1. The van der Waals surface area contributed by atoms with Gasteiger partial charge in [0.2, 0.25) is 0 Å². The molecule has 1 amide bonds. The first-order chi connectivity index (χ1) is 12.3. The molecule has 0 aliphatic carbocycles. The first-order valence-corrected chi connectivity index (χ1v) is 8.05. The maximum atomic E-state index is 11.9. The number of carbonyl (C=O) groups excluding carboxylic acids is 1. The second kappa shape index (κ2) is 8.66. The van der Waals surface area contributed by atoms with Crippen LogP contribution in [0.3, 0.4) is 0 Å². The van der Waals surface area contributed by atoms with Crippen LogP contribution in [-0.4, -0.2) is 12.5 Å². The van der Waals surface area contributed by atoms with E-state index in [1.54, 1.807) is 0 Å². The van der Waals surface area contributed by atoms with Crippen molar-refractivity contribution in [3.63, 3.8) is 0 Å². The van der Waals surface area contributed by atoms with Gasteiger partial charge in [-0.25, -0.2) is 5.48 Å². The second-order valence-electron chi connectivity index (χ2n) is 5.45. The van der Waals surface area contributed by atoms with Crippen LogP contribution in [0.1, 0.15) is 5.56 Å². The molecule has 0 aliphatic heterocycles. The fraction of sp³-hybridized carbons (Fsp3) is 0.0952. The minimum Gasteiger partial charge on any atom is -0.483 e. The lowest BCUT2D eigenvalue weighted by Gasteiger charge is -2.12. The summed E-state index contributed by atoms with van der Waals surface area (Å²) in [4.78, 5) is 17.1. The number of benzene rings is 3. The summed E-state index contributed by atoms with van der Waals surface area (Å²) in [6, 6.07) is 27.2. The molecule has 0 heterocycles. The number of rotatable bonds is 7. The molecule has 0 atom stereocenters. The molecule has 0 spiro atoms. The Morgan fingerprint density at radius 1 is 0.800 bits per heavy atom. The zero-order valence-corrected chi connectivity index (χ0v) is 13.7. The van der Waals surface area contributed by atoms with E-state index in [9.17, 15) is 4.79 Å². The molecule has 4 nitrogen and oxygen atoms in total. The molecule has 0 saturated heterocycles. The van der Waals surface area contributed by atoms with Crippen molar-refractivity contribution in [2.45, 2.75) is 6.61 Å². The van der Waals surface area contributed by atoms with Crippen LogP contribution in [0.15, 0.2) is 84.9 Å². The lowest BCUT2D eigenvalue weighted by Crippen LogP contribution is -2.29. The number of carbonyl (C=O) groups is 1. The van der Waals surface area contributed by atoms with Gasteiger partial charge < -0.3 is 4.74 Å². The van der Waals surface area contributed by atoms with E-state index in [0.717, 1.165) is 16.7 Å². The van der Waals surface area contributed by atoms with Crippen molar-refractivity contribution in [2.75, 3.05) is 6.61 Å². The summed E-state index contributed by atoms with van der Waals surface area (Å²) in [5, 5.41) is 0. The van der Waals surface area contributed by atoms with E-state index in [4.69, 9.17) is 9.57 Å². The molecular formula is C21H19NO3. The first-order valence-electron chi connectivity index (χ1n) is 8.05. The lowest BCUT2D eigenvalue weighted by atomic mass is 10.1. The predicted octanol–water partition coefficient (Wildman–Crippen LogP) is 3.98. The second-order valence-corrected chi connectivity index (χ2v) is 5.45. The van der Waals surface area contributed by atoms with Crippen LogP contribution in [0, 0.1) is 0 Å². The highest BCUT2D eigenvalue weighted by atomic mass is 16.7. The zero-order chi connectivity index (χ0) is 17.3. The van der Waals surface area contributed by atoms with Gasteiger partial charge in [-0.05, 0) is 17.2 Å². The zero-order valence-electron chi connectivity index (χ0n) is 13.7. The molecule has 0 aliphatic rings. The third-order valence-electron chi connectivity index (χ3n) is 3.60. The van der Waals surface area contributed by atoms with Crippen LogP contribution in [0.2, 0.25) is 0 Å². The Hall–Kier alpha value is -3.11. The van der Waals surface area contributed by atoms with Gasteiger partial charge in [0.25, 0.3) is 5.91 Å². The molecule has 0 fully saturated rings. The van der Waals surface area contributed by atoms with E-state index in [2.05, 4.69) is 5.48 Å². The largest absolute Gasteiger partial charge is 0.483 e. The molecule has 0 unspecified atom stereocenters. The van der Waals surface area contributed by atoms with Crippen LogP contribution in [-0.2, 0) is 16.2 Å². The minimum atomic E-state index is -0.334. The van der Waals surface area contributed by atoms with Crippen LogP contribution >= 0.6 is 0 Å². The first kappa shape index (κ1) is 16.7. The maximum Gasteiger partial charge on any atom is 0.281 e. The molecule has 3 aromatic carbocycles. The highest BCUT2D eigenvalue weighted by molar-refractivity contribution is 5.77. The Labute approximate surface area is 147 Å². The van der Waals surface area contributed by atoms with Gasteiger partial charge in [-0.2, -0.15) is 0 Å². The van der Waals surface area contributed by atoms with E-state index in [-0.39, 0.29) is 12.5 Å². The standard InChI is InChI=1S/C21H19NO3/c23-21(22-25-15-17-9-3-1-4-10-17)16-24-20-14-8-7-13-19(20)18-11-5-2-6-12-18/h1-14H,15-16H2,(H,22,23). The lowest BCUT2D eigenvalue weighted by molar-refractivity contribution is -0.136. The quantitative estimate of drug-likeness (QED) is 0.665. The molecule has 0 saturated carbocycles. The summed E-state index contributed by atoms with van der Waals surface area (Å²) < 4.78 is 5.66. The van der Waals surface area contributed by atoms with Crippen molar-refractivity contribution < 1.29 is 14.4 Å². The fourth-order valence-electron chi connectivity index (χ4n) is 2.40. The third kappa shape index (κ3) is 4.93. The monoisotopic (exact) mass is 333 g/mol. The molecule has 4 heteroatoms. The van der Waals surface area contributed by atoms with Gasteiger partial charge in [-0.15, -0.1) is 0 Å². The Morgan fingerprint density at radius 3 is 2.20 bits per heavy atom. The highest BCUT2D eigenvalue weighted by Gasteiger charge is 2.08. The molecule has 25 heavy (non-hydrogen) atoms.